The maximum Gasteiger partial charge on any atom is 0.354 e. The van der Waals surface area contributed by atoms with Gasteiger partial charge < -0.3 is 24.1 Å². The van der Waals surface area contributed by atoms with Crippen molar-refractivity contribution in [2.75, 3.05) is 17.9 Å². The minimum Gasteiger partial charge on any atom is -0.477 e. The Morgan fingerprint density at radius 1 is 0.818 bits per heavy atom. The Morgan fingerprint density at radius 2 is 1.45 bits per heavy atom. The van der Waals surface area contributed by atoms with E-state index < -0.39 is 21.7 Å². The van der Waals surface area contributed by atoms with Crippen molar-refractivity contribution in [2.24, 2.45) is 0 Å². The van der Waals surface area contributed by atoms with Gasteiger partial charge in [-0.15, -0.1) is 0 Å². The molecule has 0 spiro atoms. The lowest BCUT2D eigenvalue weighted by molar-refractivity contribution is -0.132. The number of fused-ring (bicyclic) bond motifs is 3. The molecule has 3 aliphatic rings. The lowest BCUT2D eigenvalue weighted by Gasteiger charge is -2.32. The Kier molecular flexibility index (Phi) is 4.08. The SMILES string of the molecule is O=C(O)C1=C(c2ccc3c(c2)OCO3)c2ccccc2S(=O)(=O)N1c1ccc2c(c1)OCO2. The van der Waals surface area contributed by atoms with E-state index in [1.807, 2.05) is 0 Å². The van der Waals surface area contributed by atoms with Gasteiger partial charge in [0.15, 0.2) is 28.7 Å². The van der Waals surface area contributed by atoms with E-state index in [4.69, 9.17) is 18.9 Å². The van der Waals surface area contributed by atoms with E-state index in [1.54, 1.807) is 42.5 Å². The second kappa shape index (κ2) is 6.91. The average molecular weight is 465 g/mol. The van der Waals surface area contributed by atoms with Crippen LogP contribution in [0.15, 0.2) is 71.3 Å². The molecule has 0 saturated carbocycles. The summed E-state index contributed by atoms with van der Waals surface area (Å²) in [6.07, 6.45) is 0. The van der Waals surface area contributed by atoms with Crippen molar-refractivity contribution >= 4 is 27.3 Å². The molecule has 0 radical (unpaired) electrons. The first-order valence-corrected chi connectivity index (χ1v) is 11.3. The highest BCUT2D eigenvalue weighted by atomic mass is 32.2. The molecule has 6 rings (SSSR count). The number of hydrogen-bond donors (Lipinski definition) is 1. The summed E-state index contributed by atoms with van der Waals surface area (Å²) in [6, 6.07) is 15.8. The number of sulfonamides is 1. The van der Waals surface area contributed by atoms with E-state index in [1.165, 1.54) is 18.2 Å². The molecule has 0 aromatic heterocycles. The summed E-state index contributed by atoms with van der Waals surface area (Å²) in [7, 11) is -4.26. The number of anilines is 1. The van der Waals surface area contributed by atoms with Gasteiger partial charge in [0, 0.05) is 17.2 Å². The zero-order valence-electron chi connectivity index (χ0n) is 16.8. The number of aliphatic carboxylic acids is 1. The summed E-state index contributed by atoms with van der Waals surface area (Å²) in [6.45, 7) is 0.0519. The van der Waals surface area contributed by atoms with Crippen LogP contribution in [0.1, 0.15) is 11.1 Å². The third-order valence-corrected chi connectivity index (χ3v) is 7.35. The molecule has 10 heteroatoms. The van der Waals surface area contributed by atoms with Gasteiger partial charge in [-0.3, -0.25) is 0 Å². The number of nitrogens with zero attached hydrogens (tertiary/aromatic N) is 1. The van der Waals surface area contributed by atoms with Crippen LogP contribution in [0.4, 0.5) is 5.69 Å². The van der Waals surface area contributed by atoms with Gasteiger partial charge in [0.1, 0.15) is 0 Å². The van der Waals surface area contributed by atoms with Crippen molar-refractivity contribution in [2.45, 2.75) is 4.90 Å². The summed E-state index contributed by atoms with van der Waals surface area (Å²) in [5.74, 6) is 0.352. The first-order chi connectivity index (χ1) is 15.9. The summed E-state index contributed by atoms with van der Waals surface area (Å²) in [4.78, 5) is 12.6. The maximum absolute atomic E-state index is 13.7. The topological polar surface area (TPSA) is 112 Å². The lowest BCUT2D eigenvalue weighted by Crippen LogP contribution is -2.38. The van der Waals surface area contributed by atoms with E-state index in [0.717, 1.165) is 4.31 Å². The molecular formula is C23H15NO8S. The lowest BCUT2D eigenvalue weighted by atomic mass is 9.94. The molecule has 0 saturated heterocycles. The Labute approximate surface area is 188 Å². The highest BCUT2D eigenvalue weighted by Crippen LogP contribution is 2.46. The van der Waals surface area contributed by atoms with Crippen molar-refractivity contribution < 1.29 is 37.3 Å². The largest absolute Gasteiger partial charge is 0.477 e. The molecule has 3 aromatic carbocycles. The molecule has 0 bridgehead atoms. The van der Waals surface area contributed by atoms with Crippen LogP contribution < -0.4 is 23.3 Å². The fraction of sp³-hybridized carbons (Fsp3) is 0.0870. The van der Waals surface area contributed by atoms with Crippen molar-refractivity contribution in [1.29, 1.82) is 0 Å². The number of hydrogen-bond acceptors (Lipinski definition) is 7. The van der Waals surface area contributed by atoms with Gasteiger partial charge in [-0.25, -0.2) is 17.5 Å². The van der Waals surface area contributed by atoms with Crippen LogP contribution in [0.25, 0.3) is 5.57 Å². The fourth-order valence-corrected chi connectivity index (χ4v) is 5.86. The van der Waals surface area contributed by atoms with Crippen molar-refractivity contribution in [3.63, 3.8) is 0 Å². The normalized spacial score (nSPS) is 17.2. The summed E-state index contributed by atoms with van der Waals surface area (Å²) in [5, 5.41) is 10.3. The molecule has 33 heavy (non-hydrogen) atoms. The van der Waals surface area contributed by atoms with Crippen molar-refractivity contribution in [3.8, 4) is 23.0 Å². The van der Waals surface area contributed by atoms with E-state index in [0.29, 0.717) is 28.6 Å². The maximum atomic E-state index is 13.7. The quantitative estimate of drug-likeness (QED) is 0.628. The Hall–Kier alpha value is -4.18. The minimum atomic E-state index is -4.26. The zero-order chi connectivity index (χ0) is 22.7. The Morgan fingerprint density at radius 3 is 2.18 bits per heavy atom. The third kappa shape index (κ3) is 2.84. The number of benzene rings is 3. The number of ether oxygens (including phenoxy) is 4. The first-order valence-electron chi connectivity index (χ1n) is 9.87. The van der Waals surface area contributed by atoms with E-state index in [-0.39, 0.29) is 35.3 Å². The van der Waals surface area contributed by atoms with Crippen LogP contribution in [0, 0.1) is 0 Å². The number of carboxylic acids is 1. The molecule has 0 unspecified atom stereocenters. The fourth-order valence-electron chi connectivity index (χ4n) is 4.16. The standard InChI is InChI=1S/C23H15NO8S/c25-23(26)22-21(13-5-7-16-18(9-13)31-11-29-16)15-3-1-2-4-20(15)33(27,28)24(22)14-6-8-17-19(10-14)32-12-30-17/h1-10H,11-12H2,(H,25,26). The molecule has 3 aromatic rings. The molecule has 0 atom stereocenters. The second-order valence-electron chi connectivity index (χ2n) is 7.40. The molecule has 3 aliphatic heterocycles. The third-order valence-electron chi connectivity index (χ3n) is 5.57. The Bertz CT molecular complexity index is 1480. The van der Waals surface area contributed by atoms with Gasteiger partial charge in [0.25, 0.3) is 10.0 Å². The minimum absolute atomic E-state index is 0.00154. The molecular weight excluding hydrogens is 450 g/mol. The number of carbonyl (C=O) groups is 1. The summed E-state index contributed by atoms with van der Waals surface area (Å²) < 4.78 is 49.7. The first kappa shape index (κ1) is 19.5. The van der Waals surface area contributed by atoms with Gasteiger partial charge in [0.2, 0.25) is 13.6 Å². The molecule has 166 valence electrons. The van der Waals surface area contributed by atoms with Crippen LogP contribution in [-0.4, -0.2) is 33.1 Å². The molecule has 0 aliphatic carbocycles. The molecule has 1 N–H and O–H groups in total. The van der Waals surface area contributed by atoms with Crippen LogP contribution >= 0.6 is 0 Å². The van der Waals surface area contributed by atoms with Crippen LogP contribution in [0.3, 0.4) is 0 Å². The van der Waals surface area contributed by atoms with Crippen LogP contribution in [-0.2, 0) is 14.8 Å². The van der Waals surface area contributed by atoms with E-state index >= 15 is 0 Å². The summed E-state index contributed by atoms with van der Waals surface area (Å²) >= 11 is 0. The van der Waals surface area contributed by atoms with Gasteiger partial charge >= 0.3 is 5.97 Å². The average Bonchev–Trinajstić information content (AvgIpc) is 3.47. The molecule has 0 fully saturated rings. The molecule has 0 amide bonds. The summed E-state index contributed by atoms with van der Waals surface area (Å²) in [5.41, 5.74) is 0.704. The van der Waals surface area contributed by atoms with Crippen LogP contribution in [0.5, 0.6) is 23.0 Å². The van der Waals surface area contributed by atoms with E-state index in [9.17, 15) is 18.3 Å². The highest BCUT2D eigenvalue weighted by molar-refractivity contribution is 7.93. The predicted molar refractivity (Wildman–Crippen MR) is 115 cm³/mol. The number of carboxylic acid groups (broad SMARTS) is 1. The van der Waals surface area contributed by atoms with Gasteiger partial charge in [-0.05, 0) is 35.9 Å². The molecule has 9 nitrogen and oxygen atoms in total. The monoisotopic (exact) mass is 465 g/mol. The number of rotatable bonds is 3. The zero-order valence-corrected chi connectivity index (χ0v) is 17.7. The van der Waals surface area contributed by atoms with Crippen molar-refractivity contribution in [1.82, 2.24) is 0 Å². The van der Waals surface area contributed by atoms with Gasteiger partial charge in [0.05, 0.1) is 10.6 Å². The predicted octanol–water partition coefficient (Wildman–Crippen LogP) is 3.20. The van der Waals surface area contributed by atoms with Crippen LogP contribution in [0.2, 0.25) is 0 Å². The van der Waals surface area contributed by atoms with E-state index in [2.05, 4.69) is 0 Å². The second-order valence-corrected chi connectivity index (χ2v) is 9.16. The molecule has 3 heterocycles. The Balaban J connectivity index is 1.67. The van der Waals surface area contributed by atoms with Gasteiger partial charge in [-0.1, -0.05) is 24.3 Å². The van der Waals surface area contributed by atoms with Gasteiger partial charge in [-0.2, -0.15) is 0 Å². The van der Waals surface area contributed by atoms with Crippen molar-refractivity contribution in [3.05, 3.63) is 77.5 Å². The smallest absolute Gasteiger partial charge is 0.354 e. The highest BCUT2D eigenvalue weighted by Gasteiger charge is 2.42.